The van der Waals surface area contributed by atoms with Crippen LogP contribution in [0.4, 0.5) is 0 Å². The van der Waals surface area contributed by atoms with Crippen molar-refractivity contribution in [1.29, 1.82) is 0 Å². The third-order valence-electron chi connectivity index (χ3n) is 3.86. The molecule has 0 spiro atoms. The fourth-order valence-electron chi connectivity index (χ4n) is 2.55. The molecule has 0 heterocycles. The van der Waals surface area contributed by atoms with Crippen LogP contribution in [0.5, 0.6) is 5.75 Å². The highest BCUT2D eigenvalue weighted by Crippen LogP contribution is 2.48. The predicted molar refractivity (Wildman–Crippen MR) is 128 cm³/mol. The Kier molecular flexibility index (Phi) is 13.1. The number of halogens is 1. The predicted octanol–water partition coefficient (Wildman–Crippen LogP) is 5.33. The first-order chi connectivity index (χ1) is 14.5. The first-order valence-corrected chi connectivity index (χ1v) is 13.3. The molecule has 0 saturated heterocycles. The van der Waals surface area contributed by atoms with Crippen molar-refractivity contribution in [3.63, 3.8) is 0 Å². The summed E-state index contributed by atoms with van der Waals surface area (Å²) in [5.74, 6) is 0.852. The lowest BCUT2D eigenvalue weighted by molar-refractivity contribution is -0.105. The van der Waals surface area contributed by atoms with E-state index in [2.05, 4.69) is 12.0 Å². The molecule has 0 aliphatic rings. The van der Waals surface area contributed by atoms with Gasteiger partial charge < -0.3 is 28.0 Å². The first kappa shape index (κ1) is 28.8. The number of ether oxygens (including phenoxy) is 4. The van der Waals surface area contributed by atoms with E-state index in [1.807, 2.05) is 39.8 Å². The van der Waals surface area contributed by atoms with Gasteiger partial charge in [-0.15, -0.1) is 0 Å². The van der Waals surface area contributed by atoms with Gasteiger partial charge in [-0.25, -0.2) is 5.09 Å². The molecule has 0 fully saturated rings. The fourth-order valence-corrected chi connectivity index (χ4v) is 5.68. The lowest BCUT2D eigenvalue weighted by Crippen LogP contribution is -2.28. The summed E-state index contributed by atoms with van der Waals surface area (Å²) in [5.41, 5.74) is 0.301. The van der Waals surface area contributed by atoms with Crippen molar-refractivity contribution < 1.29 is 28.0 Å². The third kappa shape index (κ3) is 11.4. The second kappa shape index (κ2) is 14.1. The smallest absolute Gasteiger partial charge is 0.261 e. The van der Waals surface area contributed by atoms with Gasteiger partial charge in [0.1, 0.15) is 12.4 Å². The average Bonchev–Trinajstić information content (AvgIpc) is 2.69. The van der Waals surface area contributed by atoms with Gasteiger partial charge in [-0.05, 0) is 57.7 Å². The third-order valence-corrected chi connectivity index (χ3v) is 7.00. The van der Waals surface area contributed by atoms with E-state index < -0.39 is 18.5 Å². The van der Waals surface area contributed by atoms with E-state index in [9.17, 15) is 0 Å². The van der Waals surface area contributed by atoms with Crippen molar-refractivity contribution in [1.82, 2.24) is 5.09 Å². The molecule has 1 aromatic carbocycles. The molecule has 0 bridgehead atoms. The van der Waals surface area contributed by atoms with Crippen LogP contribution in [0.2, 0.25) is 5.02 Å². The molecule has 10 heteroatoms. The van der Waals surface area contributed by atoms with Gasteiger partial charge in [-0.2, -0.15) is 0 Å². The molecular weight excluding hydrogens is 461 g/mol. The van der Waals surface area contributed by atoms with Crippen molar-refractivity contribution in [3.05, 3.63) is 28.8 Å². The zero-order valence-electron chi connectivity index (χ0n) is 19.6. The Labute approximate surface area is 197 Å². The zero-order valence-corrected chi connectivity index (χ0v) is 22.1. The molecule has 0 radical (unpaired) electrons. The summed E-state index contributed by atoms with van der Waals surface area (Å²) >= 11 is 12.0. The van der Waals surface area contributed by atoms with Crippen molar-refractivity contribution in [2.75, 3.05) is 47.2 Å². The van der Waals surface area contributed by atoms with Gasteiger partial charge in [-0.1, -0.05) is 18.5 Å². The Bertz CT molecular complexity index is 699. The molecule has 0 aliphatic carbocycles. The molecule has 1 aromatic rings. The fraction of sp³-hybridized carbons (Fsp3) is 0.714. The van der Waals surface area contributed by atoms with E-state index >= 15 is 0 Å². The minimum absolute atomic E-state index is 0.215. The van der Waals surface area contributed by atoms with Gasteiger partial charge in [0, 0.05) is 38.9 Å². The molecule has 1 N–H and O–H groups in total. The largest absolute Gasteiger partial charge is 0.492 e. The molecule has 0 aliphatic heterocycles. The van der Waals surface area contributed by atoms with Gasteiger partial charge in [0.05, 0.1) is 23.8 Å². The maximum Gasteiger partial charge on any atom is 0.261 e. The molecule has 7 nitrogen and oxygen atoms in total. The van der Waals surface area contributed by atoms with Crippen molar-refractivity contribution in [3.8, 4) is 5.75 Å². The Hall–Kier alpha value is -0.280. The molecule has 0 amide bonds. The van der Waals surface area contributed by atoms with Gasteiger partial charge in [0.15, 0.2) is 6.29 Å². The molecule has 180 valence electrons. The Balaban J connectivity index is 2.63. The van der Waals surface area contributed by atoms with Crippen molar-refractivity contribution in [2.45, 2.75) is 46.5 Å². The maximum atomic E-state index is 6.33. The average molecular weight is 498 g/mol. The topological polar surface area (TPSA) is 67.4 Å². The molecule has 1 rings (SSSR count). The van der Waals surface area contributed by atoms with Crippen molar-refractivity contribution in [2.24, 2.45) is 5.92 Å². The SMILES string of the molecule is CCOCC(C)COP(=S)(NCCOc1ccc(C(OC)OC)c(Cl)c1)OC(C)(C)C. The minimum Gasteiger partial charge on any atom is -0.492 e. The highest BCUT2D eigenvalue weighted by atomic mass is 35.5. The summed E-state index contributed by atoms with van der Waals surface area (Å²) in [5, 5.41) is 3.75. The second-order valence-corrected chi connectivity index (χ2v) is 11.6. The van der Waals surface area contributed by atoms with E-state index in [-0.39, 0.29) is 5.92 Å². The summed E-state index contributed by atoms with van der Waals surface area (Å²) in [6.07, 6.45) is -0.523. The zero-order chi connectivity index (χ0) is 23.5. The van der Waals surface area contributed by atoms with Crippen LogP contribution in [0.15, 0.2) is 18.2 Å². The van der Waals surface area contributed by atoms with Crippen LogP contribution in [0.3, 0.4) is 0 Å². The van der Waals surface area contributed by atoms with Crippen LogP contribution >= 0.6 is 18.2 Å². The quantitative estimate of drug-likeness (QED) is 0.198. The summed E-state index contributed by atoms with van der Waals surface area (Å²) in [7, 11) is 3.12. The number of benzene rings is 1. The van der Waals surface area contributed by atoms with Gasteiger partial charge in [0.25, 0.3) is 6.64 Å². The molecule has 0 aromatic heterocycles. The number of hydrogen-bond acceptors (Lipinski definition) is 7. The van der Waals surface area contributed by atoms with E-state index in [4.69, 9.17) is 51.4 Å². The highest BCUT2D eigenvalue weighted by Gasteiger charge is 2.27. The maximum absolute atomic E-state index is 6.33. The van der Waals surface area contributed by atoms with E-state index in [1.165, 1.54) is 0 Å². The number of rotatable bonds is 15. The minimum atomic E-state index is -2.70. The van der Waals surface area contributed by atoms with E-state index in [0.717, 1.165) is 5.56 Å². The number of nitrogens with one attached hydrogen (secondary N) is 1. The Morgan fingerprint density at radius 3 is 2.39 bits per heavy atom. The Morgan fingerprint density at radius 1 is 1.16 bits per heavy atom. The number of hydrogen-bond donors (Lipinski definition) is 1. The van der Waals surface area contributed by atoms with Crippen LogP contribution < -0.4 is 9.82 Å². The van der Waals surface area contributed by atoms with Crippen LogP contribution in [0.1, 0.15) is 46.5 Å². The van der Waals surface area contributed by atoms with E-state index in [1.54, 1.807) is 20.3 Å². The second-order valence-electron chi connectivity index (χ2n) is 8.00. The van der Waals surface area contributed by atoms with Crippen LogP contribution in [-0.2, 0) is 35.1 Å². The van der Waals surface area contributed by atoms with Gasteiger partial charge in [0.2, 0.25) is 0 Å². The summed E-state index contributed by atoms with van der Waals surface area (Å²) in [4.78, 5) is 0. The standard InChI is InChI=1S/C21H37ClNO6PS/c1-8-26-14-16(2)15-28-30(31,29-21(3,4)5)23-11-12-27-17-9-10-18(19(22)13-17)20(24-6)25-7/h9-10,13,16,20H,8,11-12,14-15H2,1-7H3,(H,23,31). The summed E-state index contributed by atoms with van der Waals surface area (Å²) in [6.45, 7) is 9.78. The van der Waals surface area contributed by atoms with Crippen molar-refractivity contribution >= 4 is 30.1 Å². The monoisotopic (exact) mass is 497 g/mol. The molecule has 0 saturated carbocycles. The molecule has 2 atom stereocenters. The van der Waals surface area contributed by atoms with Crippen LogP contribution in [0, 0.1) is 5.92 Å². The molecule has 2 unspecified atom stereocenters. The van der Waals surface area contributed by atoms with Gasteiger partial charge >= 0.3 is 0 Å². The van der Waals surface area contributed by atoms with Crippen LogP contribution in [-0.4, -0.2) is 52.8 Å². The normalized spacial score (nSPS) is 15.1. The lowest BCUT2D eigenvalue weighted by atomic mass is 10.2. The summed E-state index contributed by atoms with van der Waals surface area (Å²) < 4.78 is 33.8. The first-order valence-electron chi connectivity index (χ1n) is 10.3. The highest BCUT2D eigenvalue weighted by molar-refractivity contribution is 8.09. The molecule has 31 heavy (non-hydrogen) atoms. The van der Waals surface area contributed by atoms with Crippen LogP contribution in [0.25, 0.3) is 0 Å². The van der Waals surface area contributed by atoms with Gasteiger partial charge in [-0.3, -0.25) is 0 Å². The van der Waals surface area contributed by atoms with E-state index in [0.29, 0.717) is 43.7 Å². The molecular formula is C21H37ClNO6PS. The lowest BCUT2D eigenvalue weighted by Gasteiger charge is -2.31. The number of methoxy groups -OCH3 is 2. The summed E-state index contributed by atoms with van der Waals surface area (Å²) in [6, 6.07) is 5.37. The Morgan fingerprint density at radius 2 is 1.84 bits per heavy atom.